The van der Waals surface area contributed by atoms with E-state index in [9.17, 15) is 56.2 Å². The van der Waals surface area contributed by atoms with Crippen LogP contribution in [0.15, 0.2) is 0 Å². The fourth-order valence-electron chi connectivity index (χ4n) is 10.7. The molecule has 2 saturated carbocycles. The Labute approximate surface area is 434 Å². The Bertz CT molecular complexity index is 1730. The highest BCUT2D eigenvalue weighted by molar-refractivity contribution is 5.04. The van der Waals surface area contributed by atoms with E-state index in [1.165, 1.54) is 0 Å². The number of rotatable bonds is 16. The number of aliphatic hydroxyl groups is 11. The van der Waals surface area contributed by atoms with Crippen molar-refractivity contribution in [1.82, 2.24) is 10.6 Å². The molecule has 31 nitrogen and oxygen atoms in total. The monoisotopic (exact) mass is 1090 g/mol. The molecule has 29 N–H and O–H groups in total. The lowest BCUT2D eigenvalue weighted by molar-refractivity contribution is -0.310. The second-order valence-corrected chi connectivity index (χ2v) is 21.1. The molecule has 0 aromatic rings. The molecule has 5 aliphatic heterocycles. The van der Waals surface area contributed by atoms with Crippen LogP contribution in [0.4, 0.5) is 0 Å². The minimum Gasteiger partial charge on any atom is -0.394 e. The Kier molecular flexibility index (Phi) is 22.7. The van der Waals surface area contributed by atoms with E-state index < -0.39 is 190 Å². The van der Waals surface area contributed by atoms with Gasteiger partial charge in [-0.15, -0.1) is 0 Å². The zero-order chi connectivity index (χ0) is 55.5. The Morgan fingerprint density at radius 3 is 1.57 bits per heavy atom. The van der Waals surface area contributed by atoms with Crippen molar-refractivity contribution in [3.8, 4) is 0 Å². The summed E-state index contributed by atoms with van der Waals surface area (Å²) in [7, 11) is 3.49. The normalized spacial score (nSPS) is 52.2. The fourth-order valence-corrected chi connectivity index (χ4v) is 10.7. The molecule has 440 valence electrons. The van der Waals surface area contributed by atoms with E-state index in [1.54, 1.807) is 14.0 Å². The van der Waals surface area contributed by atoms with Crippen molar-refractivity contribution in [1.29, 1.82) is 0 Å². The maximum atomic E-state index is 11.1. The fraction of sp³-hybridized carbons (Fsp3) is 1.00. The number of nitrogens with two attached hydrogens (primary N) is 8. The second kappa shape index (κ2) is 27.0. The van der Waals surface area contributed by atoms with Crippen LogP contribution in [0.25, 0.3) is 0 Å². The third-order valence-electron chi connectivity index (χ3n) is 15.6. The first-order valence-electron chi connectivity index (χ1n) is 25.6. The van der Waals surface area contributed by atoms with Crippen LogP contribution in [-0.4, -0.2) is 292 Å². The van der Waals surface area contributed by atoms with Crippen molar-refractivity contribution in [3.05, 3.63) is 0 Å². The maximum absolute atomic E-state index is 11.1. The van der Waals surface area contributed by atoms with Crippen LogP contribution in [0.3, 0.4) is 0 Å². The van der Waals surface area contributed by atoms with Gasteiger partial charge in [0.1, 0.15) is 97.2 Å². The minimum atomic E-state index is -1.62. The topological polar surface area (TPSA) is 547 Å². The lowest BCUT2D eigenvalue weighted by atomic mass is 9.84. The molecular weight excluding hydrogens is 1000 g/mol. The van der Waals surface area contributed by atoms with Gasteiger partial charge in [-0.3, -0.25) is 0 Å². The van der Waals surface area contributed by atoms with Crippen molar-refractivity contribution in [3.63, 3.8) is 0 Å². The Hall–Kier alpha value is -1.24. The predicted octanol–water partition coefficient (Wildman–Crippen LogP) is -12.2. The summed E-state index contributed by atoms with van der Waals surface area (Å²) in [5, 5.41) is 121. The number of hydrogen-bond donors (Lipinski definition) is 21. The first-order valence-corrected chi connectivity index (χ1v) is 25.6. The molecule has 7 aliphatic rings. The highest BCUT2D eigenvalue weighted by Crippen LogP contribution is 2.36. The molecule has 0 radical (unpaired) electrons. The predicted molar refractivity (Wildman–Crippen MR) is 256 cm³/mol. The standard InChI is InChI=1S/C23H45N5O14.C21H43N5O7/c24-2-7-13(32)15(34)10(27)21(37-7)41-19-9(4-30)39-23(17(19)36)42-20-12(31)5(25)1-6(26)18(20)40-22-11(28)16(35)14(33)8(3-29)38-22;1-9(25-3)13-6-5-10(22)19(31-13)32-16-11(23)7-12(24)17(14(16)27)33-20-15(28)18(26-4)21(2,29)8-30-20/h5-23,29-36H,1-4,24-28H2;9-20,25-29H,5-8,22-24H2,1-4H3/t5-,6+,7+,8-,9-,10-,11-,12+,13-,14-,15-,16-,17-,18-,19-,20-,21-,22-,23+;9?,10-,11+,12-,13+,14+,15-,16-,17+,18-,19-,20-,21+/m11/s1. The summed E-state index contributed by atoms with van der Waals surface area (Å²) in [6, 6.07) is -6.41. The van der Waals surface area contributed by atoms with E-state index in [1.807, 2.05) is 14.0 Å². The first-order chi connectivity index (χ1) is 35.3. The largest absolute Gasteiger partial charge is 0.394 e. The molecule has 75 heavy (non-hydrogen) atoms. The van der Waals surface area contributed by atoms with E-state index >= 15 is 0 Å². The van der Waals surface area contributed by atoms with Crippen LogP contribution in [0, 0.1) is 0 Å². The van der Waals surface area contributed by atoms with Crippen molar-refractivity contribution in [2.75, 3.05) is 40.5 Å². The molecule has 7 fully saturated rings. The lowest BCUT2D eigenvalue weighted by Crippen LogP contribution is -2.68. The van der Waals surface area contributed by atoms with Gasteiger partial charge in [-0.2, -0.15) is 0 Å². The summed E-state index contributed by atoms with van der Waals surface area (Å²) in [5.41, 5.74) is 47.4. The molecule has 0 amide bonds. The zero-order valence-electron chi connectivity index (χ0n) is 42.7. The Balaban J connectivity index is 0.000000251. The first kappa shape index (κ1) is 62.9. The van der Waals surface area contributed by atoms with E-state index in [4.69, 9.17) is 93.2 Å². The highest BCUT2D eigenvalue weighted by Gasteiger charge is 2.56. The van der Waals surface area contributed by atoms with Gasteiger partial charge in [-0.05, 0) is 53.6 Å². The highest BCUT2D eigenvalue weighted by atomic mass is 16.8. The van der Waals surface area contributed by atoms with Crippen LogP contribution < -0.4 is 56.5 Å². The molecule has 0 aromatic carbocycles. The van der Waals surface area contributed by atoms with Gasteiger partial charge in [0.25, 0.3) is 0 Å². The van der Waals surface area contributed by atoms with Crippen LogP contribution in [-0.2, 0) is 47.4 Å². The summed E-state index contributed by atoms with van der Waals surface area (Å²) < 4.78 is 58.1. The smallest absolute Gasteiger partial charge is 0.187 e. The van der Waals surface area contributed by atoms with Gasteiger partial charge in [0, 0.05) is 36.8 Å². The van der Waals surface area contributed by atoms with Crippen molar-refractivity contribution in [2.45, 2.75) is 235 Å². The van der Waals surface area contributed by atoms with Crippen molar-refractivity contribution < 1.29 is 104 Å². The minimum absolute atomic E-state index is 0.0620. The average molecular weight is 1090 g/mol. The van der Waals surface area contributed by atoms with Crippen LogP contribution in [0.1, 0.15) is 39.5 Å². The second-order valence-electron chi connectivity index (χ2n) is 21.1. The summed E-state index contributed by atoms with van der Waals surface area (Å²) in [6.45, 7) is 2.04. The molecule has 0 bridgehead atoms. The van der Waals surface area contributed by atoms with E-state index in [-0.39, 0.29) is 37.8 Å². The molecule has 5 heterocycles. The number of ether oxygens (including phenoxy) is 10. The maximum Gasteiger partial charge on any atom is 0.187 e. The quantitative estimate of drug-likeness (QED) is 0.0682. The van der Waals surface area contributed by atoms with E-state index in [0.717, 1.165) is 6.42 Å². The van der Waals surface area contributed by atoms with Gasteiger partial charge in [-0.1, -0.05) is 0 Å². The molecule has 2 aliphatic carbocycles. The summed E-state index contributed by atoms with van der Waals surface area (Å²) in [6.07, 6.45) is -24.7. The molecule has 31 heteroatoms. The lowest BCUT2D eigenvalue weighted by Gasteiger charge is -2.48. The Morgan fingerprint density at radius 1 is 0.520 bits per heavy atom. The van der Waals surface area contributed by atoms with Gasteiger partial charge in [-0.25, -0.2) is 0 Å². The molecular formula is C44H88N10O21. The van der Waals surface area contributed by atoms with Crippen LogP contribution in [0.2, 0.25) is 0 Å². The zero-order valence-corrected chi connectivity index (χ0v) is 42.7. The van der Waals surface area contributed by atoms with Crippen molar-refractivity contribution in [2.24, 2.45) is 45.9 Å². The van der Waals surface area contributed by atoms with Crippen LogP contribution in [0.5, 0.6) is 0 Å². The molecule has 32 atom stereocenters. The van der Waals surface area contributed by atoms with Crippen molar-refractivity contribution >= 4 is 0 Å². The summed E-state index contributed by atoms with van der Waals surface area (Å²) in [5.74, 6) is 0. The summed E-state index contributed by atoms with van der Waals surface area (Å²) in [4.78, 5) is 0. The van der Waals surface area contributed by atoms with E-state index in [2.05, 4.69) is 10.6 Å². The molecule has 0 aromatic heterocycles. The third-order valence-corrected chi connectivity index (χ3v) is 15.6. The molecule has 5 saturated heterocycles. The number of nitrogens with one attached hydrogen (secondary N) is 2. The SMILES string of the molecule is CNC(C)[C@@H]1CC[C@@H](N)[C@@H](O[C@H]2[C@H](O)[C@@H](O[C@H]3OC[C@](C)(O)[C@H](NC)[C@H]3O)[C@H](N)C[C@@H]2N)O1.NC[C@@H]1O[C@H](O[C@H]2[C@@H](O)[C@H](O[C@@H]3[C@@H](O)[C@H](N)C[C@H](N)[C@H]3O[C@H]3O[C@H](CO)[C@@H](O)[C@H](O)[C@H]3N)O[C@@H]2CO)[C@H](N)[C@@H](O)[C@@H]1O. The molecule has 7 rings (SSSR count). The van der Waals surface area contributed by atoms with Gasteiger partial charge in [0.2, 0.25) is 0 Å². The molecule has 1 unspecified atom stereocenters. The molecule has 0 spiro atoms. The third kappa shape index (κ3) is 13.9. The number of likely N-dealkylation sites (N-methyl/N-ethyl adjacent to an activating group) is 2. The number of aliphatic hydroxyl groups excluding tert-OH is 10. The summed E-state index contributed by atoms with van der Waals surface area (Å²) >= 11 is 0. The number of hydrogen-bond acceptors (Lipinski definition) is 31. The van der Waals surface area contributed by atoms with Crippen LogP contribution >= 0.6 is 0 Å². The van der Waals surface area contributed by atoms with Gasteiger partial charge in [0.05, 0.1) is 56.2 Å². The van der Waals surface area contributed by atoms with Gasteiger partial charge >= 0.3 is 0 Å². The average Bonchev–Trinajstić information content (AvgIpc) is 3.67. The Morgan fingerprint density at radius 2 is 1.01 bits per heavy atom. The van der Waals surface area contributed by atoms with E-state index in [0.29, 0.717) is 12.8 Å². The van der Waals surface area contributed by atoms with Gasteiger partial charge in [0.15, 0.2) is 31.5 Å². The van der Waals surface area contributed by atoms with Gasteiger partial charge < -0.3 is 160 Å².